The molecule has 1 saturated heterocycles. The zero-order chi connectivity index (χ0) is 20.4. The van der Waals surface area contributed by atoms with E-state index in [0.29, 0.717) is 22.6 Å². The summed E-state index contributed by atoms with van der Waals surface area (Å²) in [5.41, 5.74) is 1.65. The summed E-state index contributed by atoms with van der Waals surface area (Å²) >= 11 is 0. The van der Waals surface area contributed by atoms with E-state index < -0.39 is 17.7 Å². The van der Waals surface area contributed by atoms with E-state index in [4.69, 9.17) is 4.74 Å². The minimum Gasteiger partial charge on any atom is -0.507 e. The van der Waals surface area contributed by atoms with Gasteiger partial charge in [-0.15, -0.1) is 0 Å². The van der Waals surface area contributed by atoms with Crippen molar-refractivity contribution in [1.29, 1.82) is 0 Å². The molecule has 4 rings (SSSR count). The van der Waals surface area contributed by atoms with Gasteiger partial charge < -0.3 is 9.84 Å². The highest BCUT2D eigenvalue weighted by molar-refractivity contribution is 6.51. The maximum atomic E-state index is 13.0. The van der Waals surface area contributed by atoms with Crippen LogP contribution in [0.4, 0.5) is 5.69 Å². The molecule has 1 atom stereocenters. The van der Waals surface area contributed by atoms with Crippen molar-refractivity contribution >= 4 is 23.1 Å². The Kier molecular flexibility index (Phi) is 4.83. The zero-order valence-electron chi connectivity index (χ0n) is 15.6. The standard InChI is InChI=1S/C23H18N2O4/c1-29-18-11-9-15(10-12-18)20-19(21(26)16-6-3-2-4-7-16)22(27)23(28)25(20)17-8-5-13-24-14-17/h2-14,20,26H,1H3/t20-/m1/s1. The number of carbonyl (C=O) groups excluding carboxylic acids is 2. The highest BCUT2D eigenvalue weighted by Crippen LogP contribution is 2.42. The summed E-state index contributed by atoms with van der Waals surface area (Å²) in [6.07, 6.45) is 3.11. The van der Waals surface area contributed by atoms with Crippen LogP contribution in [0.1, 0.15) is 17.2 Å². The molecule has 2 aromatic carbocycles. The van der Waals surface area contributed by atoms with Crippen LogP contribution in [0.3, 0.4) is 0 Å². The van der Waals surface area contributed by atoms with Crippen molar-refractivity contribution < 1.29 is 19.4 Å². The van der Waals surface area contributed by atoms with Gasteiger partial charge in [-0.3, -0.25) is 19.5 Å². The van der Waals surface area contributed by atoms with Gasteiger partial charge in [0.1, 0.15) is 11.5 Å². The number of ketones is 1. The van der Waals surface area contributed by atoms with Crippen molar-refractivity contribution in [1.82, 2.24) is 4.98 Å². The number of aromatic nitrogens is 1. The molecule has 2 heterocycles. The first kappa shape index (κ1) is 18.4. The molecule has 6 heteroatoms. The molecule has 29 heavy (non-hydrogen) atoms. The summed E-state index contributed by atoms with van der Waals surface area (Å²) in [5.74, 6) is -1.02. The molecule has 1 N–H and O–H groups in total. The van der Waals surface area contributed by atoms with Crippen molar-refractivity contribution in [2.75, 3.05) is 12.0 Å². The van der Waals surface area contributed by atoms with Crippen molar-refractivity contribution in [2.45, 2.75) is 6.04 Å². The first-order valence-corrected chi connectivity index (χ1v) is 9.02. The molecule has 0 aliphatic carbocycles. The smallest absolute Gasteiger partial charge is 0.300 e. The van der Waals surface area contributed by atoms with E-state index in [1.54, 1.807) is 74.0 Å². The van der Waals surface area contributed by atoms with Crippen molar-refractivity contribution in [2.24, 2.45) is 0 Å². The molecule has 0 bridgehead atoms. The Hall–Kier alpha value is -3.93. The Morgan fingerprint density at radius 2 is 1.72 bits per heavy atom. The summed E-state index contributed by atoms with van der Waals surface area (Å²) in [5, 5.41) is 10.9. The van der Waals surface area contributed by atoms with Crippen LogP contribution in [0, 0.1) is 0 Å². The third kappa shape index (κ3) is 3.25. The molecule has 3 aromatic rings. The van der Waals surface area contributed by atoms with Gasteiger partial charge in [0.15, 0.2) is 0 Å². The summed E-state index contributed by atoms with van der Waals surface area (Å²) < 4.78 is 5.21. The Morgan fingerprint density at radius 3 is 2.34 bits per heavy atom. The van der Waals surface area contributed by atoms with Gasteiger partial charge in [-0.2, -0.15) is 0 Å². The van der Waals surface area contributed by atoms with Gasteiger partial charge in [-0.1, -0.05) is 42.5 Å². The molecule has 1 aliphatic heterocycles. The Bertz CT molecular complexity index is 1080. The van der Waals surface area contributed by atoms with E-state index in [-0.39, 0.29) is 11.3 Å². The number of rotatable bonds is 4. The van der Waals surface area contributed by atoms with Crippen molar-refractivity contribution in [3.05, 3.63) is 95.8 Å². The number of nitrogens with zero attached hydrogens (tertiary/aromatic N) is 2. The Morgan fingerprint density at radius 1 is 1.00 bits per heavy atom. The minimum absolute atomic E-state index is 0.0372. The molecule has 1 aromatic heterocycles. The number of ether oxygens (including phenoxy) is 1. The lowest BCUT2D eigenvalue weighted by atomic mass is 9.95. The second-order valence-electron chi connectivity index (χ2n) is 6.52. The highest BCUT2D eigenvalue weighted by Gasteiger charge is 2.47. The van der Waals surface area contributed by atoms with Crippen LogP contribution in [0.25, 0.3) is 5.76 Å². The number of hydrogen-bond donors (Lipinski definition) is 1. The fraction of sp³-hybridized carbons (Fsp3) is 0.0870. The van der Waals surface area contributed by atoms with Crippen LogP contribution in [0.5, 0.6) is 5.75 Å². The first-order chi connectivity index (χ1) is 14.1. The molecule has 6 nitrogen and oxygen atoms in total. The predicted octanol–water partition coefficient (Wildman–Crippen LogP) is 3.72. The van der Waals surface area contributed by atoms with E-state index in [0.717, 1.165) is 0 Å². The normalized spacial score (nSPS) is 18.1. The quantitative estimate of drug-likeness (QED) is 0.420. The van der Waals surface area contributed by atoms with E-state index in [2.05, 4.69) is 4.98 Å². The number of hydrogen-bond acceptors (Lipinski definition) is 5. The molecule has 1 fully saturated rings. The largest absolute Gasteiger partial charge is 0.507 e. The van der Waals surface area contributed by atoms with E-state index >= 15 is 0 Å². The van der Waals surface area contributed by atoms with Crippen molar-refractivity contribution in [3.63, 3.8) is 0 Å². The second kappa shape index (κ2) is 7.59. The molecule has 0 saturated carbocycles. The zero-order valence-corrected chi connectivity index (χ0v) is 15.6. The number of anilines is 1. The minimum atomic E-state index is -0.787. The van der Waals surface area contributed by atoms with Crippen LogP contribution < -0.4 is 9.64 Å². The number of Topliss-reactive ketones (excluding diaryl/α,β-unsaturated/α-hetero) is 1. The van der Waals surface area contributed by atoms with Crippen LogP contribution >= 0.6 is 0 Å². The third-order valence-corrected chi connectivity index (χ3v) is 4.85. The number of carbonyl (C=O) groups is 2. The van der Waals surface area contributed by atoms with E-state index in [1.165, 1.54) is 11.1 Å². The third-order valence-electron chi connectivity index (χ3n) is 4.85. The predicted molar refractivity (Wildman–Crippen MR) is 108 cm³/mol. The van der Waals surface area contributed by atoms with Gasteiger partial charge in [-0.05, 0) is 29.8 Å². The lowest BCUT2D eigenvalue weighted by Crippen LogP contribution is -2.29. The topological polar surface area (TPSA) is 79.7 Å². The van der Waals surface area contributed by atoms with Gasteiger partial charge in [0.25, 0.3) is 11.7 Å². The van der Waals surface area contributed by atoms with Crippen molar-refractivity contribution in [3.8, 4) is 5.75 Å². The number of aliphatic hydroxyl groups is 1. The molecule has 0 spiro atoms. The average molecular weight is 386 g/mol. The van der Waals surface area contributed by atoms with Gasteiger partial charge in [0.05, 0.1) is 30.6 Å². The van der Waals surface area contributed by atoms with Gasteiger partial charge >= 0.3 is 0 Å². The number of pyridine rings is 1. The Labute approximate surface area is 167 Å². The number of benzene rings is 2. The molecule has 1 amide bonds. The molecule has 0 unspecified atom stereocenters. The van der Waals surface area contributed by atoms with Gasteiger partial charge in [0, 0.05) is 11.8 Å². The molecular weight excluding hydrogens is 368 g/mol. The molecule has 0 radical (unpaired) electrons. The maximum absolute atomic E-state index is 13.0. The first-order valence-electron chi connectivity index (χ1n) is 9.02. The number of methoxy groups -OCH3 is 1. The summed E-state index contributed by atoms with van der Waals surface area (Å²) in [6.45, 7) is 0. The Balaban J connectivity index is 1.93. The number of aliphatic hydroxyl groups excluding tert-OH is 1. The van der Waals surface area contributed by atoms with Crippen LogP contribution in [0.2, 0.25) is 0 Å². The van der Waals surface area contributed by atoms with Crippen LogP contribution in [-0.4, -0.2) is 28.9 Å². The molecule has 1 aliphatic rings. The summed E-state index contributed by atoms with van der Waals surface area (Å²) in [4.78, 5) is 31.3. The fourth-order valence-electron chi connectivity index (χ4n) is 3.45. The number of amides is 1. The van der Waals surface area contributed by atoms with Gasteiger partial charge in [0.2, 0.25) is 0 Å². The van der Waals surface area contributed by atoms with E-state index in [1.807, 2.05) is 6.07 Å². The average Bonchev–Trinajstić information content (AvgIpc) is 3.05. The van der Waals surface area contributed by atoms with Crippen LogP contribution in [0.15, 0.2) is 84.7 Å². The summed E-state index contributed by atoms with van der Waals surface area (Å²) in [6, 6.07) is 18.4. The van der Waals surface area contributed by atoms with E-state index in [9.17, 15) is 14.7 Å². The lowest BCUT2D eigenvalue weighted by Gasteiger charge is -2.25. The fourth-order valence-corrected chi connectivity index (χ4v) is 3.45. The van der Waals surface area contributed by atoms with Crippen LogP contribution in [-0.2, 0) is 9.59 Å². The molecule has 144 valence electrons. The second-order valence-corrected chi connectivity index (χ2v) is 6.52. The molecular formula is C23H18N2O4. The highest BCUT2D eigenvalue weighted by atomic mass is 16.5. The SMILES string of the molecule is COc1ccc([C@@H]2C(=C(O)c3ccccc3)C(=O)C(=O)N2c2cccnc2)cc1. The maximum Gasteiger partial charge on any atom is 0.300 e. The van der Waals surface area contributed by atoms with Gasteiger partial charge in [-0.25, -0.2) is 0 Å². The monoisotopic (exact) mass is 386 g/mol. The lowest BCUT2D eigenvalue weighted by molar-refractivity contribution is -0.132. The summed E-state index contributed by atoms with van der Waals surface area (Å²) in [7, 11) is 1.56.